The van der Waals surface area contributed by atoms with Gasteiger partial charge in [0.2, 0.25) is 5.91 Å². The highest BCUT2D eigenvalue weighted by Crippen LogP contribution is 2.34. The first-order valence-electron chi connectivity index (χ1n) is 8.60. The highest BCUT2D eigenvalue weighted by atomic mass is 32.2. The summed E-state index contributed by atoms with van der Waals surface area (Å²) in [5.74, 6) is -0.329. The van der Waals surface area contributed by atoms with Gasteiger partial charge in [-0.15, -0.1) is 0 Å². The lowest BCUT2D eigenvalue weighted by molar-refractivity contribution is -0.137. The zero-order chi connectivity index (χ0) is 21.7. The molecule has 156 valence electrons. The molecule has 1 amide bonds. The second-order valence-electron chi connectivity index (χ2n) is 5.99. The summed E-state index contributed by atoms with van der Waals surface area (Å²) in [5.41, 5.74) is -1.15. The molecule has 1 N–H and O–H groups in total. The minimum atomic E-state index is -4.59. The first kappa shape index (κ1) is 21.4. The summed E-state index contributed by atoms with van der Waals surface area (Å²) in [7, 11) is 1.53. The van der Waals surface area contributed by atoms with Gasteiger partial charge in [0, 0.05) is 18.1 Å². The zero-order valence-electron chi connectivity index (χ0n) is 15.6. The Hall–Kier alpha value is -3.27. The van der Waals surface area contributed by atoms with Crippen LogP contribution in [0.25, 0.3) is 5.69 Å². The van der Waals surface area contributed by atoms with Crippen molar-refractivity contribution in [2.24, 2.45) is 0 Å². The molecule has 30 heavy (non-hydrogen) atoms. The number of nitrogens with one attached hydrogen (secondary N) is 1. The van der Waals surface area contributed by atoms with E-state index in [9.17, 15) is 22.8 Å². The topological polar surface area (TPSA) is 73.2 Å². The van der Waals surface area contributed by atoms with Gasteiger partial charge in [-0.25, -0.2) is 4.98 Å². The van der Waals surface area contributed by atoms with E-state index in [-0.39, 0.29) is 16.5 Å². The van der Waals surface area contributed by atoms with Crippen molar-refractivity contribution >= 4 is 23.4 Å². The summed E-state index contributed by atoms with van der Waals surface area (Å²) in [6, 6.07) is 11.5. The fourth-order valence-electron chi connectivity index (χ4n) is 2.60. The number of benzene rings is 2. The molecular formula is C20H16F3N3O3S. The van der Waals surface area contributed by atoms with Gasteiger partial charge >= 0.3 is 6.18 Å². The predicted octanol–water partition coefficient (Wildman–Crippen LogP) is 3.99. The smallest absolute Gasteiger partial charge is 0.418 e. The molecule has 1 heterocycles. The molecule has 6 nitrogen and oxygen atoms in total. The zero-order valence-corrected chi connectivity index (χ0v) is 16.5. The minimum absolute atomic E-state index is 0.0487. The van der Waals surface area contributed by atoms with Gasteiger partial charge in [0.1, 0.15) is 5.75 Å². The van der Waals surface area contributed by atoms with E-state index in [1.165, 1.54) is 42.3 Å². The van der Waals surface area contributed by atoms with Gasteiger partial charge in [-0.3, -0.25) is 14.2 Å². The maximum atomic E-state index is 13.0. The Morgan fingerprint density at radius 1 is 1.17 bits per heavy atom. The largest absolute Gasteiger partial charge is 0.497 e. The van der Waals surface area contributed by atoms with Crippen LogP contribution < -0.4 is 15.6 Å². The minimum Gasteiger partial charge on any atom is -0.497 e. The van der Waals surface area contributed by atoms with Crippen LogP contribution in [0.1, 0.15) is 5.56 Å². The number of carbonyl (C=O) groups is 1. The third-order valence-electron chi connectivity index (χ3n) is 4.01. The van der Waals surface area contributed by atoms with Gasteiger partial charge in [-0.1, -0.05) is 23.9 Å². The lowest BCUT2D eigenvalue weighted by Crippen LogP contribution is -2.22. The highest BCUT2D eigenvalue weighted by Gasteiger charge is 2.33. The second kappa shape index (κ2) is 9.04. The van der Waals surface area contributed by atoms with E-state index in [1.54, 1.807) is 24.3 Å². The third-order valence-corrected chi connectivity index (χ3v) is 4.97. The van der Waals surface area contributed by atoms with Crippen molar-refractivity contribution in [1.82, 2.24) is 9.55 Å². The number of hydrogen-bond donors (Lipinski definition) is 1. The van der Waals surface area contributed by atoms with Crippen LogP contribution in [0.3, 0.4) is 0 Å². The van der Waals surface area contributed by atoms with Gasteiger partial charge in [0.15, 0.2) is 5.03 Å². The standard InChI is InChI=1S/C20H16F3N3O3S/c1-29-14-8-6-13(7-9-14)26-11-10-24-18(19(26)28)30-12-17(27)25-16-5-3-2-4-15(16)20(21,22)23/h2-11H,12H2,1H3,(H,25,27). The summed E-state index contributed by atoms with van der Waals surface area (Å²) >= 11 is 0.842. The molecular weight excluding hydrogens is 419 g/mol. The Morgan fingerprint density at radius 2 is 1.87 bits per heavy atom. The number of hydrogen-bond acceptors (Lipinski definition) is 5. The summed E-state index contributed by atoms with van der Waals surface area (Å²) in [5, 5.41) is 2.28. The van der Waals surface area contributed by atoms with Crippen LogP contribution in [-0.4, -0.2) is 28.3 Å². The van der Waals surface area contributed by atoms with Gasteiger partial charge in [0.25, 0.3) is 5.56 Å². The number of anilines is 1. The molecule has 0 radical (unpaired) electrons. The highest BCUT2D eigenvalue weighted by molar-refractivity contribution is 7.99. The number of rotatable bonds is 6. The molecule has 0 aliphatic heterocycles. The number of amides is 1. The second-order valence-corrected chi connectivity index (χ2v) is 6.95. The fourth-order valence-corrected chi connectivity index (χ4v) is 3.30. The van der Waals surface area contributed by atoms with Crippen molar-refractivity contribution < 1.29 is 22.7 Å². The molecule has 1 aromatic heterocycles. The maximum absolute atomic E-state index is 13.0. The number of thioether (sulfide) groups is 1. The number of alkyl halides is 3. The van der Waals surface area contributed by atoms with Crippen LogP contribution >= 0.6 is 11.8 Å². The maximum Gasteiger partial charge on any atom is 0.418 e. The quantitative estimate of drug-likeness (QED) is 0.593. The van der Waals surface area contributed by atoms with E-state index in [1.807, 2.05) is 0 Å². The van der Waals surface area contributed by atoms with Crippen molar-refractivity contribution in [1.29, 1.82) is 0 Å². The van der Waals surface area contributed by atoms with Crippen LogP contribution in [0.5, 0.6) is 5.75 Å². The molecule has 0 bridgehead atoms. The monoisotopic (exact) mass is 435 g/mol. The Labute approximate surface area is 173 Å². The number of ether oxygens (including phenoxy) is 1. The van der Waals surface area contributed by atoms with Crippen molar-refractivity contribution in [2.75, 3.05) is 18.2 Å². The normalized spacial score (nSPS) is 11.2. The fraction of sp³-hybridized carbons (Fsp3) is 0.150. The molecule has 0 aliphatic rings. The van der Waals surface area contributed by atoms with Gasteiger partial charge in [0.05, 0.1) is 24.1 Å². The van der Waals surface area contributed by atoms with Gasteiger partial charge < -0.3 is 10.1 Å². The number of methoxy groups -OCH3 is 1. The molecule has 0 aliphatic carbocycles. The van der Waals surface area contributed by atoms with Crippen LogP contribution in [0.15, 0.2) is 70.7 Å². The predicted molar refractivity (Wildman–Crippen MR) is 107 cm³/mol. The van der Waals surface area contributed by atoms with Crippen molar-refractivity contribution in [3.05, 3.63) is 76.8 Å². The van der Waals surface area contributed by atoms with Gasteiger partial charge in [-0.2, -0.15) is 13.2 Å². The number of aromatic nitrogens is 2. The van der Waals surface area contributed by atoms with Crippen molar-refractivity contribution in [3.8, 4) is 11.4 Å². The van der Waals surface area contributed by atoms with Crippen molar-refractivity contribution in [2.45, 2.75) is 11.2 Å². The Bertz CT molecular complexity index is 1100. The lowest BCUT2D eigenvalue weighted by atomic mass is 10.1. The molecule has 0 spiro atoms. The molecule has 0 saturated carbocycles. The summed E-state index contributed by atoms with van der Waals surface area (Å²) < 4.78 is 45.5. The average molecular weight is 435 g/mol. The Kier molecular flexibility index (Phi) is 6.46. The Morgan fingerprint density at radius 3 is 2.53 bits per heavy atom. The number of halogens is 3. The summed E-state index contributed by atoms with van der Waals surface area (Å²) in [4.78, 5) is 28.8. The summed E-state index contributed by atoms with van der Waals surface area (Å²) in [6.45, 7) is 0. The van der Waals surface area contributed by atoms with Crippen LogP contribution in [0, 0.1) is 0 Å². The number of carbonyl (C=O) groups excluding carboxylic acids is 1. The Balaban J connectivity index is 1.72. The van der Waals surface area contributed by atoms with Crippen LogP contribution in [0.4, 0.5) is 18.9 Å². The van der Waals surface area contributed by atoms with E-state index < -0.39 is 23.2 Å². The first-order chi connectivity index (χ1) is 14.3. The molecule has 10 heteroatoms. The average Bonchev–Trinajstić information content (AvgIpc) is 2.73. The van der Waals surface area contributed by atoms with E-state index >= 15 is 0 Å². The molecule has 0 fully saturated rings. The van der Waals surface area contributed by atoms with Gasteiger partial charge in [-0.05, 0) is 36.4 Å². The van der Waals surface area contributed by atoms with E-state index in [2.05, 4.69) is 10.3 Å². The number of nitrogens with zero attached hydrogens (tertiary/aromatic N) is 2. The van der Waals surface area contributed by atoms with E-state index in [4.69, 9.17) is 4.74 Å². The van der Waals surface area contributed by atoms with E-state index in [0.717, 1.165) is 17.8 Å². The molecule has 0 saturated heterocycles. The molecule has 0 atom stereocenters. The molecule has 0 unspecified atom stereocenters. The van der Waals surface area contributed by atoms with Crippen LogP contribution in [0.2, 0.25) is 0 Å². The van der Waals surface area contributed by atoms with Crippen LogP contribution in [-0.2, 0) is 11.0 Å². The third kappa shape index (κ3) is 5.01. The van der Waals surface area contributed by atoms with Crippen molar-refractivity contribution in [3.63, 3.8) is 0 Å². The first-order valence-corrected chi connectivity index (χ1v) is 9.59. The molecule has 3 rings (SSSR count). The summed E-state index contributed by atoms with van der Waals surface area (Å²) in [6.07, 6.45) is -1.71. The molecule has 2 aromatic carbocycles. The molecule has 3 aromatic rings. The lowest BCUT2D eigenvalue weighted by Gasteiger charge is -2.13. The van der Waals surface area contributed by atoms with E-state index in [0.29, 0.717) is 11.4 Å². The SMILES string of the molecule is COc1ccc(-n2ccnc(SCC(=O)Nc3ccccc3C(F)(F)F)c2=O)cc1. The number of para-hydroxylation sites is 1.